The van der Waals surface area contributed by atoms with E-state index in [0.29, 0.717) is 0 Å². The van der Waals surface area contributed by atoms with Crippen LogP contribution in [-0.4, -0.2) is 49.3 Å². The Labute approximate surface area is 150 Å². The number of guanidine groups is 1. The Hall–Kier alpha value is -2.08. The van der Waals surface area contributed by atoms with Crippen LogP contribution < -0.4 is 10.6 Å². The summed E-state index contributed by atoms with van der Waals surface area (Å²) in [6.07, 6.45) is 5.23. The number of nitrogens with zero attached hydrogens (tertiary/aromatic N) is 2. The first kappa shape index (κ1) is 19.2. The average Bonchev–Trinajstić information content (AvgIpc) is 3.05. The summed E-state index contributed by atoms with van der Waals surface area (Å²) in [6.45, 7) is 5.58. The first-order chi connectivity index (χ1) is 12.3. The van der Waals surface area contributed by atoms with E-state index in [-0.39, 0.29) is 0 Å². The van der Waals surface area contributed by atoms with Gasteiger partial charge in [-0.1, -0.05) is 25.5 Å². The third-order valence-electron chi connectivity index (χ3n) is 3.94. The van der Waals surface area contributed by atoms with E-state index < -0.39 is 0 Å². The van der Waals surface area contributed by atoms with Crippen molar-refractivity contribution in [2.24, 2.45) is 4.99 Å². The summed E-state index contributed by atoms with van der Waals surface area (Å²) in [5.74, 6) is 1.88. The van der Waals surface area contributed by atoms with Crippen molar-refractivity contribution in [1.82, 2.24) is 20.6 Å². The Kier molecular flexibility index (Phi) is 8.83. The van der Waals surface area contributed by atoms with Crippen LogP contribution in [0.15, 0.2) is 29.3 Å². The van der Waals surface area contributed by atoms with E-state index in [1.165, 1.54) is 6.42 Å². The molecule has 6 nitrogen and oxygen atoms in total. The van der Waals surface area contributed by atoms with Gasteiger partial charge in [-0.15, -0.1) is 0 Å². The summed E-state index contributed by atoms with van der Waals surface area (Å²) < 4.78 is 5.55. The highest BCUT2D eigenvalue weighted by molar-refractivity contribution is 5.79. The molecule has 138 valence electrons. The van der Waals surface area contributed by atoms with Crippen molar-refractivity contribution in [3.8, 4) is 0 Å². The zero-order valence-corrected chi connectivity index (χ0v) is 15.5. The second-order valence-corrected chi connectivity index (χ2v) is 6.05. The Bertz CT molecular complexity index is 605. The van der Waals surface area contributed by atoms with Gasteiger partial charge in [0.1, 0.15) is 5.82 Å². The molecule has 25 heavy (non-hydrogen) atoms. The molecule has 0 radical (unpaired) electrons. The molecule has 0 amide bonds. The maximum Gasteiger partial charge on any atom is 0.190 e. The highest BCUT2D eigenvalue weighted by atomic mass is 16.5. The summed E-state index contributed by atoms with van der Waals surface area (Å²) in [6, 6.07) is 8.13. The van der Waals surface area contributed by atoms with Crippen molar-refractivity contribution in [2.75, 3.05) is 33.4 Å². The van der Waals surface area contributed by atoms with Gasteiger partial charge in [-0.05, 0) is 31.4 Å². The number of aromatic nitrogens is 2. The highest BCUT2D eigenvalue weighted by Gasteiger charge is 2.02. The molecule has 6 heteroatoms. The largest absolute Gasteiger partial charge is 0.381 e. The number of rotatable bonds is 11. The van der Waals surface area contributed by atoms with E-state index in [1.807, 2.05) is 18.2 Å². The van der Waals surface area contributed by atoms with Gasteiger partial charge in [0.25, 0.3) is 0 Å². The number of hydrogen-bond acceptors (Lipinski definition) is 3. The second kappa shape index (κ2) is 11.5. The summed E-state index contributed by atoms with van der Waals surface area (Å²) in [7, 11) is 1.80. The Morgan fingerprint density at radius 1 is 1.12 bits per heavy atom. The van der Waals surface area contributed by atoms with Crippen LogP contribution in [0, 0.1) is 0 Å². The minimum absolute atomic E-state index is 0.802. The third-order valence-corrected chi connectivity index (χ3v) is 3.94. The van der Waals surface area contributed by atoms with Crippen LogP contribution in [0.4, 0.5) is 0 Å². The highest BCUT2D eigenvalue weighted by Crippen LogP contribution is 2.10. The van der Waals surface area contributed by atoms with Crippen LogP contribution in [0.25, 0.3) is 11.0 Å². The standard InChI is InChI=1S/C19H31N5O/c1-3-4-14-25-15-8-13-22-19(20-2)21-12-7-11-18-23-16-9-5-6-10-17(16)24-18/h5-6,9-10H,3-4,7-8,11-15H2,1-2H3,(H,23,24)(H2,20,21,22). The van der Waals surface area contributed by atoms with E-state index in [9.17, 15) is 0 Å². The third kappa shape index (κ3) is 7.13. The van der Waals surface area contributed by atoms with Crippen molar-refractivity contribution in [2.45, 2.75) is 39.0 Å². The van der Waals surface area contributed by atoms with Crippen molar-refractivity contribution in [3.05, 3.63) is 30.1 Å². The predicted octanol–water partition coefficient (Wildman–Crippen LogP) is 2.87. The van der Waals surface area contributed by atoms with Crippen LogP contribution in [0.1, 0.15) is 38.4 Å². The fraction of sp³-hybridized carbons (Fsp3) is 0.579. The quantitative estimate of drug-likeness (QED) is 0.333. The lowest BCUT2D eigenvalue weighted by Gasteiger charge is -2.11. The second-order valence-electron chi connectivity index (χ2n) is 6.05. The summed E-state index contributed by atoms with van der Waals surface area (Å²) in [5, 5.41) is 6.66. The summed E-state index contributed by atoms with van der Waals surface area (Å²) in [5.41, 5.74) is 2.13. The molecule has 2 rings (SSSR count). The van der Waals surface area contributed by atoms with E-state index in [4.69, 9.17) is 4.74 Å². The number of para-hydroxylation sites is 2. The number of ether oxygens (including phenoxy) is 1. The molecule has 0 fully saturated rings. The van der Waals surface area contributed by atoms with Gasteiger partial charge in [-0.3, -0.25) is 4.99 Å². The van der Waals surface area contributed by atoms with Gasteiger partial charge >= 0.3 is 0 Å². The number of imidazole rings is 1. The Morgan fingerprint density at radius 3 is 2.64 bits per heavy atom. The first-order valence-electron chi connectivity index (χ1n) is 9.29. The van der Waals surface area contributed by atoms with Crippen molar-refractivity contribution in [3.63, 3.8) is 0 Å². The topological polar surface area (TPSA) is 74.3 Å². The number of benzene rings is 1. The number of hydrogen-bond donors (Lipinski definition) is 3. The minimum atomic E-state index is 0.802. The molecule has 0 atom stereocenters. The number of nitrogens with one attached hydrogen (secondary N) is 3. The maximum absolute atomic E-state index is 5.55. The maximum atomic E-state index is 5.55. The number of H-pyrrole nitrogens is 1. The van der Waals surface area contributed by atoms with Crippen molar-refractivity contribution in [1.29, 1.82) is 0 Å². The minimum Gasteiger partial charge on any atom is -0.381 e. The summed E-state index contributed by atoms with van der Waals surface area (Å²) >= 11 is 0. The number of aromatic amines is 1. The molecule has 3 N–H and O–H groups in total. The van der Waals surface area contributed by atoms with E-state index >= 15 is 0 Å². The van der Waals surface area contributed by atoms with Crippen LogP contribution in [0.2, 0.25) is 0 Å². The van der Waals surface area contributed by atoms with Crippen molar-refractivity contribution >= 4 is 17.0 Å². The fourth-order valence-electron chi connectivity index (χ4n) is 2.54. The van der Waals surface area contributed by atoms with E-state index in [0.717, 1.165) is 74.8 Å². The zero-order chi connectivity index (χ0) is 17.7. The van der Waals surface area contributed by atoms with Gasteiger partial charge in [-0.25, -0.2) is 4.98 Å². The molecule has 0 saturated carbocycles. The molecule has 1 aromatic heterocycles. The van der Waals surface area contributed by atoms with E-state index in [1.54, 1.807) is 7.05 Å². The molecule has 1 heterocycles. The Morgan fingerprint density at radius 2 is 1.88 bits per heavy atom. The van der Waals surface area contributed by atoms with E-state index in [2.05, 4.69) is 38.6 Å². The molecular weight excluding hydrogens is 314 g/mol. The van der Waals surface area contributed by atoms with Crippen LogP contribution in [0.3, 0.4) is 0 Å². The molecule has 0 aliphatic rings. The van der Waals surface area contributed by atoms with Gasteiger partial charge < -0.3 is 20.4 Å². The average molecular weight is 345 g/mol. The Balaban J connectivity index is 1.56. The SMILES string of the molecule is CCCCOCCCNC(=NC)NCCCc1nc2ccccc2[nH]1. The van der Waals surface area contributed by atoms with Crippen LogP contribution in [0.5, 0.6) is 0 Å². The molecule has 0 unspecified atom stereocenters. The molecule has 0 aliphatic carbocycles. The molecule has 0 bridgehead atoms. The number of unbranched alkanes of at least 4 members (excludes halogenated alkanes) is 1. The normalized spacial score (nSPS) is 11.8. The molecule has 0 spiro atoms. The van der Waals surface area contributed by atoms with Gasteiger partial charge in [0.05, 0.1) is 11.0 Å². The van der Waals surface area contributed by atoms with Crippen molar-refractivity contribution < 1.29 is 4.74 Å². The molecule has 1 aromatic carbocycles. The number of aliphatic imine (C=N–C) groups is 1. The fourth-order valence-corrected chi connectivity index (χ4v) is 2.54. The van der Waals surface area contributed by atoms with Crippen LogP contribution >= 0.6 is 0 Å². The molecule has 0 saturated heterocycles. The summed E-state index contributed by atoms with van der Waals surface area (Å²) in [4.78, 5) is 12.2. The molecular formula is C19H31N5O. The predicted molar refractivity (Wildman–Crippen MR) is 104 cm³/mol. The smallest absolute Gasteiger partial charge is 0.190 e. The van der Waals surface area contributed by atoms with Gasteiger partial charge in [0.2, 0.25) is 0 Å². The first-order valence-corrected chi connectivity index (χ1v) is 9.29. The monoisotopic (exact) mass is 345 g/mol. The van der Waals surface area contributed by atoms with Crippen LogP contribution in [-0.2, 0) is 11.2 Å². The molecule has 0 aliphatic heterocycles. The number of fused-ring (bicyclic) bond motifs is 1. The zero-order valence-electron chi connectivity index (χ0n) is 15.5. The lowest BCUT2D eigenvalue weighted by Crippen LogP contribution is -2.38. The van der Waals surface area contributed by atoms with Gasteiger partial charge in [0, 0.05) is 39.8 Å². The lowest BCUT2D eigenvalue weighted by molar-refractivity contribution is 0.129. The lowest BCUT2D eigenvalue weighted by atomic mass is 10.3. The molecule has 2 aromatic rings. The van der Waals surface area contributed by atoms with Gasteiger partial charge in [-0.2, -0.15) is 0 Å². The number of aryl methyl sites for hydroxylation is 1. The van der Waals surface area contributed by atoms with Gasteiger partial charge in [0.15, 0.2) is 5.96 Å².